The fraction of sp³-hybridized carbons (Fsp3) is 0.588. The molecule has 2 unspecified atom stereocenters. The molecule has 0 bridgehead atoms. The van der Waals surface area contributed by atoms with Gasteiger partial charge in [-0.1, -0.05) is 44.9 Å². The second-order valence-corrected chi connectivity index (χ2v) is 5.73. The summed E-state index contributed by atoms with van der Waals surface area (Å²) in [7, 11) is 0. The zero-order chi connectivity index (χ0) is 14.5. The Hall–Kier alpha value is -1.51. The molecule has 1 heterocycles. The summed E-state index contributed by atoms with van der Waals surface area (Å²) in [4.78, 5) is 12.6. The predicted octanol–water partition coefficient (Wildman–Crippen LogP) is 3.53. The largest absolute Gasteiger partial charge is 0.385 e. The highest BCUT2D eigenvalue weighted by atomic mass is 16.1. The zero-order valence-corrected chi connectivity index (χ0v) is 12.8. The van der Waals surface area contributed by atoms with Crippen LogP contribution in [-0.2, 0) is 4.79 Å². The Morgan fingerprint density at radius 2 is 2.05 bits per heavy atom. The molecule has 1 aromatic rings. The molecule has 1 amide bonds. The molecule has 1 aromatic carbocycles. The molecule has 1 aliphatic rings. The van der Waals surface area contributed by atoms with E-state index in [4.69, 9.17) is 0 Å². The lowest BCUT2D eigenvalue weighted by molar-refractivity contribution is -0.123. The van der Waals surface area contributed by atoms with Crippen LogP contribution in [0.1, 0.15) is 51.5 Å². The predicted molar refractivity (Wildman–Crippen MR) is 84.0 cm³/mol. The monoisotopic (exact) mass is 274 g/mol. The van der Waals surface area contributed by atoms with Crippen molar-refractivity contribution in [2.75, 3.05) is 11.9 Å². The summed E-state index contributed by atoms with van der Waals surface area (Å²) >= 11 is 0. The van der Waals surface area contributed by atoms with Crippen LogP contribution in [0.4, 0.5) is 5.69 Å². The van der Waals surface area contributed by atoms with E-state index in [1.165, 1.54) is 0 Å². The Balaban J connectivity index is 2.07. The van der Waals surface area contributed by atoms with Crippen molar-refractivity contribution in [2.45, 2.75) is 52.0 Å². The molecule has 0 radical (unpaired) electrons. The van der Waals surface area contributed by atoms with Gasteiger partial charge >= 0.3 is 0 Å². The maximum atomic E-state index is 12.6. The Morgan fingerprint density at radius 1 is 1.35 bits per heavy atom. The minimum absolute atomic E-state index is 0.00994. The smallest absolute Gasteiger partial charge is 0.227 e. The maximum Gasteiger partial charge on any atom is 0.227 e. The van der Waals surface area contributed by atoms with E-state index < -0.39 is 0 Å². The molecule has 2 atom stereocenters. The number of anilines is 1. The van der Waals surface area contributed by atoms with E-state index >= 15 is 0 Å². The molecule has 3 heteroatoms. The van der Waals surface area contributed by atoms with Crippen molar-refractivity contribution in [3.8, 4) is 0 Å². The minimum Gasteiger partial charge on any atom is -0.385 e. The Labute approximate surface area is 122 Å². The highest BCUT2D eigenvalue weighted by molar-refractivity contribution is 5.86. The first-order chi connectivity index (χ1) is 9.67. The summed E-state index contributed by atoms with van der Waals surface area (Å²) < 4.78 is 0. The average molecular weight is 274 g/mol. The highest BCUT2D eigenvalue weighted by Crippen LogP contribution is 2.31. The lowest BCUT2D eigenvalue weighted by Gasteiger charge is -2.29. The molecular weight excluding hydrogens is 248 g/mol. The lowest BCUT2D eigenvalue weighted by atomic mass is 9.89. The summed E-state index contributed by atoms with van der Waals surface area (Å²) in [6, 6.07) is 8.39. The number of rotatable bonds is 5. The van der Waals surface area contributed by atoms with Crippen molar-refractivity contribution in [3.63, 3.8) is 0 Å². The number of hydrogen-bond donors (Lipinski definition) is 2. The first-order valence-corrected chi connectivity index (χ1v) is 7.80. The van der Waals surface area contributed by atoms with E-state index in [1.54, 1.807) is 0 Å². The molecule has 2 N–H and O–H groups in total. The van der Waals surface area contributed by atoms with Crippen LogP contribution in [0.2, 0.25) is 0 Å². The molecule has 2 rings (SSSR count). The normalized spacial score (nSPS) is 19.1. The highest BCUT2D eigenvalue weighted by Gasteiger charge is 2.27. The van der Waals surface area contributed by atoms with Gasteiger partial charge in [-0.2, -0.15) is 0 Å². The fourth-order valence-corrected chi connectivity index (χ4v) is 3.18. The van der Waals surface area contributed by atoms with Crippen molar-refractivity contribution in [3.05, 3.63) is 29.8 Å². The van der Waals surface area contributed by atoms with E-state index in [0.29, 0.717) is 5.92 Å². The zero-order valence-electron chi connectivity index (χ0n) is 12.8. The second kappa shape index (κ2) is 6.78. The van der Waals surface area contributed by atoms with Crippen LogP contribution in [0.3, 0.4) is 0 Å². The van der Waals surface area contributed by atoms with Crippen molar-refractivity contribution in [1.29, 1.82) is 0 Å². The number of nitrogens with one attached hydrogen (secondary N) is 2. The number of benzene rings is 1. The number of carbonyl (C=O) groups is 1. The molecule has 0 spiro atoms. The van der Waals surface area contributed by atoms with Crippen LogP contribution in [0.25, 0.3) is 0 Å². The third-order valence-corrected chi connectivity index (χ3v) is 4.53. The van der Waals surface area contributed by atoms with Crippen LogP contribution in [0.15, 0.2) is 24.3 Å². The maximum absolute atomic E-state index is 12.6. The fourth-order valence-electron chi connectivity index (χ4n) is 3.18. The number of hydrogen-bond acceptors (Lipinski definition) is 2. The van der Waals surface area contributed by atoms with E-state index in [0.717, 1.165) is 37.1 Å². The van der Waals surface area contributed by atoms with E-state index in [9.17, 15) is 4.79 Å². The molecule has 0 aliphatic carbocycles. The molecule has 3 nitrogen and oxygen atoms in total. The Bertz CT molecular complexity index is 454. The molecule has 20 heavy (non-hydrogen) atoms. The Kier molecular flexibility index (Phi) is 5.05. The minimum atomic E-state index is -0.00994. The molecule has 0 fully saturated rings. The van der Waals surface area contributed by atoms with Gasteiger partial charge in [0.25, 0.3) is 0 Å². The van der Waals surface area contributed by atoms with Gasteiger partial charge in [0.05, 0.1) is 5.92 Å². The van der Waals surface area contributed by atoms with Crippen LogP contribution in [-0.4, -0.2) is 18.5 Å². The van der Waals surface area contributed by atoms with E-state index in [-0.39, 0.29) is 17.9 Å². The van der Waals surface area contributed by atoms with Crippen molar-refractivity contribution in [2.24, 2.45) is 5.92 Å². The summed E-state index contributed by atoms with van der Waals surface area (Å²) in [5, 5.41) is 6.59. The SMILES string of the molecule is CCC(CC)C(C)NC(=O)C1CCNc2ccccc21. The first kappa shape index (κ1) is 14.9. The van der Waals surface area contributed by atoms with Crippen LogP contribution in [0, 0.1) is 5.92 Å². The molecule has 0 saturated carbocycles. The standard InChI is InChI=1S/C17H26N2O/c1-4-13(5-2)12(3)19-17(20)15-10-11-18-16-9-7-6-8-14(15)16/h6-9,12-13,15,18H,4-5,10-11H2,1-3H3,(H,19,20). The van der Waals surface area contributed by atoms with Gasteiger partial charge < -0.3 is 10.6 Å². The third-order valence-electron chi connectivity index (χ3n) is 4.53. The number of para-hydroxylation sites is 1. The van der Waals surface area contributed by atoms with Gasteiger partial charge in [0, 0.05) is 18.3 Å². The average Bonchev–Trinajstić information content (AvgIpc) is 2.47. The first-order valence-electron chi connectivity index (χ1n) is 7.80. The van der Waals surface area contributed by atoms with E-state index in [1.807, 2.05) is 12.1 Å². The molecule has 1 aliphatic heterocycles. The molecule has 0 aromatic heterocycles. The summed E-state index contributed by atoms with van der Waals surface area (Å²) in [5.41, 5.74) is 2.24. The topological polar surface area (TPSA) is 41.1 Å². The summed E-state index contributed by atoms with van der Waals surface area (Å²) in [5.74, 6) is 0.735. The molecule has 0 saturated heterocycles. The van der Waals surface area contributed by atoms with Crippen molar-refractivity contribution < 1.29 is 4.79 Å². The summed E-state index contributed by atoms with van der Waals surface area (Å²) in [6.45, 7) is 7.38. The van der Waals surface area contributed by atoms with E-state index in [2.05, 4.69) is 43.5 Å². The van der Waals surface area contributed by atoms with Crippen LogP contribution in [0.5, 0.6) is 0 Å². The third kappa shape index (κ3) is 3.14. The van der Waals surface area contributed by atoms with Crippen LogP contribution < -0.4 is 10.6 Å². The lowest BCUT2D eigenvalue weighted by Crippen LogP contribution is -2.41. The molecular formula is C17H26N2O. The number of amides is 1. The molecule has 110 valence electrons. The van der Waals surface area contributed by atoms with Gasteiger partial charge in [0.1, 0.15) is 0 Å². The number of carbonyl (C=O) groups excluding carboxylic acids is 1. The van der Waals surface area contributed by atoms with Gasteiger partial charge in [-0.25, -0.2) is 0 Å². The number of fused-ring (bicyclic) bond motifs is 1. The van der Waals surface area contributed by atoms with Gasteiger partial charge in [-0.05, 0) is 30.9 Å². The Morgan fingerprint density at radius 3 is 2.75 bits per heavy atom. The van der Waals surface area contributed by atoms with Gasteiger partial charge in [-0.3, -0.25) is 4.79 Å². The van der Waals surface area contributed by atoms with Crippen molar-refractivity contribution in [1.82, 2.24) is 5.32 Å². The second-order valence-electron chi connectivity index (χ2n) is 5.73. The van der Waals surface area contributed by atoms with Crippen molar-refractivity contribution >= 4 is 11.6 Å². The van der Waals surface area contributed by atoms with Crippen LogP contribution >= 0.6 is 0 Å². The van der Waals surface area contributed by atoms with Gasteiger partial charge in [0.15, 0.2) is 0 Å². The van der Waals surface area contributed by atoms with Gasteiger partial charge in [-0.15, -0.1) is 0 Å². The quantitative estimate of drug-likeness (QED) is 0.862. The summed E-state index contributed by atoms with van der Waals surface area (Å²) in [6.07, 6.45) is 3.10. The van der Waals surface area contributed by atoms with Gasteiger partial charge in [0.2, 0.25) is 5.91 Å².